The summed E-state index contributed by atoms with van der Waals surface area (Å²) >= 11 is 0. The molecule has 0 radical (unpaired) electrons. The summed E-state index contributed by atoms with van der Waals surface area (Å²) in [7, 11) is -1.77. The van der Waals surface area contributed by atoms with Crippen LogP contribution in [-0.2, 0) is 14.8 Å². The normalized spacial score (nSPS) is 17.7. The molecule has 0 unspecified atom stereocenters. The zero-order chi connectivity index (χ0) is 16.7. The van der Waals surface area contributed by atoms with Gasteiger partial charge in [0.05, 0.1) is 22.0 Å². The molecule has 0 saturated heterocycles. The number of nitrogens with zero attached hydrogens (tertiary/aromatic N) is 1. The molecule has 0 bridgehead atoms. The Kier molecular flexibility index (Phi) is 4.12. The van der Waals surface area contributed by atoms with Crippen LogP contribution in [0, 0.1) is 5.41 Å². The van der Waals surface area contributed by atoms with Gasteiger partial charge in [-0.2, -0.15) is 0 Å². The van der Waals surface area contributed by atoms with Crippen molar-refractivity contribution in [3.8, 4) is 5.75 Å². The largest absolute Gasteiger partial charge is 0.490 e. The molecule has 1 amide bonds. The molecule has 6 nitrogen and oxygen atoms in total. The molecule has 1 aliphatic heterocycles. The molecule has 2 rings (SSSR count). The highest BCUT2D eigenvalue weighted by molar-refractivity contribution is 7.93. The van der Waals surface area contributed by atoms with E-state index in [4.69, 9.17) is 4.74 Å². The summed E-state index contributed by atoms with van der Waals surface area (Å²) < 4.78 is 32.1. The second-order valence-electron chi connectivity index (χ2n) is 6.42. The maximum absolute atomic E-state index is 12.4. The lowest BCUT2D eigenvalue weighted by Crippen LogP contribution is -2.39. The van der Waals surface area contributed by atoms with Gasteiger partial charge in [-0.15, -0.1) is 0 Å². The standard InChI is InChI=1S/C15H22N2O4S/c1-10(2)22(19,20)16-11-6-7-13-12(8-11)17(5)14(18)15(3,4)9-21-13/h6-8,10,16H,9H2,1-5H3. The lowest BCUT2D eigenvalue weighted by atomic mass is 9.93. The molecule has 7 heteroatoms. The number of benzene rings is 1. The van der Waals surface area contributed by atoms with Gasteiger partial charge in [0.25, 0.3) is 0 Å². The number of carbonyl (C=O) groups is 1. The number of amides is 1. The predicted octanol–water partition coefficient (Wildman–Crippen LogP) is 2.22. The van der Waals surface area contributed by atoms with Gasteiger partial charge in [0.1, 0.15) is 12.4 Å². The maximum Gasteiger partial charge on any atom is 0.235 e. The molecule has 122 valence electrons. The molecule has 0 aliphatic carbocycles. The van der Waals surface area contributed by atoms with Gasteiger partial charge in [-0.05, 0) is 45.9 Å². The minimum absolute atomic E-state index is 0.0740. The quantitative estimate of drug-likeness (QED) is 0.924. The van der Waals surface area contributed by atoms with Gasteiger partial charge >= 0.3 is 0 Å². The van der Waals surface area contributed by atoms with Crippen molar-refractivity contribution in [1.82, 2.24) is 0 Å². The number of fused-ring (bicyclic) bond motifs is 1. The molecule has 1 aromatic carbocycles. The van der Waals surface area contributed by atoms with Gasteiger partial charge in [0, 0.05) is 7.05 Å². The minimum atomic E-state index is -3.44. The number of hydrogen-bond donors (Lipinski definition) is 1. The topological polar surface area (TPSA) is 75.7 Å². The summed E-state index contributed by atoms with van der Waals surface area (Å²) in [6, 6.07) is 4.93. The van der Waals surface area contributed by atoms with Gasteiger partial charge in [-0.25, -0.2) is 8.42 Å². The smallest absolute Gasteiger partial charge is 0.235 e. The van der Waals surface area contributed by atoms with Crippen molar-refractivity contribution in [2.75, 3.05) is 23.3 Å². The first-order valence-electron chi connectivity index (χ1n) is 7.11. The lowest BCUT2D eigenvalue weighted by Gasteiger charge is -2.24. The number of anilines is 2. The second-order valence-corrected chi connectivity index (χ2v) is 8.65. The van der Waals surface area contributed by atoms with Crippen LogP contribution < -0.4 is 14.4 Å². The molecule has 22 heavy (non-hydrogen) atoms. The van der Waals surface area contributed by atoms with Crippen molar-refractivity contribution >= 4 is 27.3 Å². The van der Waals surface area contributed by atoms with Gasteiger partial charge in [-0.1, -0.05) is 0 Å². The van der Waals surface area contributed by atoms with E-state index in [1.54, 1.807) is 39.1 Å². The van der Waals surface area contributed by atoms with E-state index in [2.05, 4.69) is 4.72 Å². The highest BCUT2D eigenvalue weighted by Gasteiger charge is 2.36. The SMILES string of the molecule is CC(C)S(=O)(=O)Nc1ccc2c(c1)N(C)C(=O)C(C)(C)CO2. The van der Waals surface area contributed by atoms with E-state index >= 15 is 0 Å². The number of sulfonamides is 1. The van der Waals surface area contributed by atoms with Crippen molar-refractivity contribution in [1.29, 1.82) is 0 Å². The van der Waals surface area contributed by atoms with E-state index in [0.29, 0.717) is 17.1 Å². The molecule has 1 heterocycles. The van der Waals surface area contributed by atoms with Crippen molar-refractivity contribution in [3.05, 3.63) is 18.2 Å². The first-order valence-corrected chi connectivity index (χ1v) is 8.66. The Labute approximate surface area is 131 Å². The Morgan fingerprint density at radius 2 is 1.95 bits per heavy atom. The van der Waals surface area contributed by atoms with E-state index < -0.39 is 20.7 Å². The van der Waals surface area contributed by atoms with Crippen LogP contribution in [0.1, 0.15) is 27.7 Å². The summed E-state index contributed by atoms with van der Waals surface area (Å²) in [5.74, 6) is 0.490. The number of ether oxygens (including phenoxy) is 1. The van der Waals surface area contributed by atoms with E-state index in [-0.39, 0.29) is 12.5 Å². The van der Waals surface area contributed by atoms with Crippen LogP contribution in [0.2, 0.25) is 0 Å². The second kappa shape index (κ2) is 5.46. The molecule has 0 spiro atoms. The van der Waals surface area contributed by atoms with Crippen LogP contribution in [0.15, 0.2) is 18.2 Å². The van der Waals surface area contributed by atoms with Crippen LogP contribution in [0.3, 0.4) is 0 Å². The van der Waals surface area contributed by atoms with E-state index in [0.717, 1.165) is 0 Å². The van der Waals surface area contributed by atoms with Gasteiger partial charge in [0.15, 0.2) is 0 Å². The predicted molar refractivity (Wildman–Crippen MR) is 86.8 cm³/mol. The number of rotatable bonds is 3. The highest BCUT2D eigenvalue weighted by atomic mass is 32.2. The summed E-state index contributed by atoms with van der Waals surface area (Å²) in [4.78, 5) is 14.0. The zero-order valence-electron chi connectivity index (χ0n) is 13.5. The average molecular weight is 326 g/mol. The number of hydrogen-bond acceptors (Lipinski definition) is 4. The monoisotopic (exact) mass is 326 g/mol. The van der Waals surface area contributed by atoms with Gasteiger partial charge in [0.2, 0.25) is 15.9 Å². The van der Waals surface area contributed by atoms with Crippen LogP contribution in [-0.4, -0.2) is 33.2 Å². The van der Waals surface area contributed by atoms with Crippen molar-refractivity contribution in [2.24, 2.45) is 5.41 Å². The molecule has 0 saturated carbocycles. The summed E-state index contributed by atoms with van der Waals surface area (Å²) in [5.41, 5.74) is 0.334. The van der Waals surface area contributed by atoms with Crippen LogP contribution >= 0.6 is 0 Å². The third-order valence-electron chi connectivity index (χ3n) is 3.67. The molecule has 0 aromatic heterocycles. The Hall–Kier alpha value is -1.76. The summed E-state index contributed by atoms with van der Waals surface area (Å²) in [5, 5.41) is -0.541. The number of carbonyl (C=O) groups excluding carboxylic acids is 1. The van der Waals surface area contributed by atoms with Gasteiger partial charge in [-0.3, -0.25) is 9.52 Å². The molecular formula is C15H22N2O4S. The lowest BCUT2D eigenvalue weighted by molar-refractivity contribution is -0.127. The highest BCUT2D eigenvalue weighted by Crippen LogP contribution is 2.37. The average Bonchev–Trinajstić information content (AvgIpc) is 2.50. The molecule has 1 N–H and O–H groups in total. The third kappa shape index (κ3) is 3.04. The first kappa shape index (κ1) is 16.6. The fourth-order valence-electron chi connectivity index (χ4n) is 2.13. The fourth-order valence-corrected chi connectivity index (χ4v) is 2.82. The van der Waals surface area contributed by atoms with E-state index in [9.17, 15) is 13.2 Å². The van der Waals surface area contributed by atoms with Crippen LogP contribution in [0.25, 0.3) is 0 Å². The maximum atomic E-state index is 12.4. The molecule has 1 aromatic rings. The minimum Gasteiger partial charge on any atom is -0.490 e. The van der Waals surface area contributed by atoms with Crippen molar-refractivity contribution < 1.29 is 17.9 Å². The Morgan fingerprint density at radius 1 is 1.32 bits per heavy atom. The molecular weight excluding hydrogens is 304 g/mol. The summed E-state index contributed by atoms with van der Waals surface area (Å²) in [6.07, 6.45) is 0. The fraction of sp³-hybridized carbons (Fsp3) is 0.533. The molecule has 0 atom stereocenters. The van der Waals surface area contributed by atoms with Crippen LogP contribution in [0.4, 0.5) is 11.4 Å². The zero-order valence-corrected chi connectivity index (χ0v) is 14.3. The third-order valence-corrected chi connectivity index (χ3v) is 5.43. The van der Waals surface area contributed by atoms with Crippen molar-refractivity contribution in [3.63, 3.8) is 0 Å². The summed E-state index contributed by atoms with van der Waals surface area (Å²) in [6.45, 7) is 7.13. The molecule has 0 fully saturated rings. The van der Waals surface area contributed by atoms with Crippen LogP contribution in [0.5, 0.6) is 5.75 Å². The molecule has 1 aliphatic rings. The van der Waals surface area contributed by atoms with Gasteiger partial charge < -0.3 is 9.64 Å². The Morgan fingerprint density at radius 3 is 2.55 bits per heavy atom. The van der Waals surface area contributed by atoms with E-state index in [1.165, 1.54) is 4.90 Å². The van der Waals surface area contributed by atoms with Crippen molar-refractivity contribution in [2.45, 2.75) is 32.9 Å². The Bertz CT molecular complexity index is 695. The number of nitrogens with one attached hydrogen (secondary N) is 1. The van der Waals surface area contributed by atoms with E-state index in [1.807, 2.05) is 13.8 Å². The first-order chi connectivity index (χ1) is 10.0. The Balaban J connectivity index is 2.40.